The van der Waals surface area contributed by atoms with Crippen LogP contribution in [0, 0.1) is 0 Å². The molecular weight excluding hydrogens is 298 g/mol. The fourth-order valence-electron chi connectivity index (χ4n) is 1.54. The minimum absolute atomic E-state index is 0.0112. The summed E-state index contributed by atoms with van der Waals surface area (Å²) in [5.41, 5.74) is 0.916. The van der Waals surface area contributed by atoms with Crippen LogP contribution in [0.3, 0.4) is 0 Å². The van der Waals surface area contributed by atoms with Gasteiger partial charge in [0.1, 0.15) is 0 Å². The second kappa shape index (κ2) is 7.97. The van der Waals surface area contributed by atoms with Gasteiger partial charge in [-0.15, -0.1) is 0 Å². The van der Waals surface area contributed by atoms with E-state index in [1.807, 2.05) is 25.1 Å². The maximum atomic E-state index is 11.4. The van der Waals surface area contributed by atoms with E-state index >= 15 is 0 Å². The molecular formula is C13H18BrNO3. The lowest BCUT2D eigenvalue weighted by molar-refractivity contribution is -0.120. The van der Waals surface area contributed by atoms with Crippen molar-refractivity contribution in [2.24, 2.45) is 0 Å². The van der Waals surface area contributed by atoms with Crippen LogP contribution in [-0.4, -0.2) is 25.0 Å². The van der Waals surface area contributed by atoms with E-state index in [4.69, 9.17) is 9.47 Å². The first-order chi connectivity index (χ1) is 8.72. The molecule has 1 aromatic rings. The lowest BCUT2D eigenvalue weighted by atomic mass is 10.2. The summed E-state index contributed by atoms with van der Waals surface area (Å²) in [6, 6.07) is 5.64. The maximum Gasteiger partial charge on any atom is 0.221 e. The van der Waals surface area contributed by atoms with Crippen molar-refractivity contribution in [3.63, 3.8) is 0 Å². The molecule has 1 rings (SSSR count). The molecule has 1 aromatic carbocycles. The molecule has 0 aromatic heterocycles. The zero-order valence-electron chi connectivity index (χ0n) is 10.7. The standard InChI is InChI=1S/C13H18BrNO3/c1-3-18-13-10(5-4-6-11(13)17-2)9-15-12(16)7-8-14/h4-6H,3,7-9H2,1-2H3,(H,15,16). The third kappa shape index (κ3) is 4.22. The number of hydrogen-bond donors (Lipinski definition) is 1. The Balaban J connectivity index is 2.77. The number of carbonyl (C=O) groups is 1. The van der Waals surface area contributed by atoms with Crippen LogP contribution in [0.15, 0.2) is 18.2 Å². The normalized spacial score (nSPS) is 9.94. The molecule has 100 valence electrons. The molecule has 0 heterocycles. The molecule has 0 aliphatic heterocycles. The predicted octanol–water partition coefficient (Wildman–Crippen LogP) is 2.50. The van der Waals surface area contributed by atoms with Crippen molar-refractivity contribution in [3.05, 3.63) is 23.8 Å². The highest BCUT2D eigenvalue weighted by molar-refractivity contribution is 9.09. The van der Waals surface area contributed by atoms with Crippen LogP contribution in [0.1, 0.15) is 18.9 Å². The molecule has 0 unspecified atom stereocenters. The summed E-state index contributed by atoms with van der Waals surface area (Å²) in [6.45, 7) is 2.92. The van der Waals surface area contributed by atoms with Crippen LogP contribution in [-0.2, 0) is 11.3 Å². The number of carbonyl (C=O) groups excluding carboxylic acids is 1. The van der Waals surface area contributed by atoms with Crippen molar-refractivity contribution >= 4 is 21.8 Å². The van der Waals surface area contributed by atoms with E-state index < -0.39 is 0 Å². The van der Waals surface area contributed by atoms with E-state index in [0.29, 0.717) is 36.4 Å². The van der Waals surface area contributed by atoms with Gasteiger partial charge in [0.25, 0.3) is 0 Å². The number of para-hydroxylation sites is 1. The number of hydrogen-bond acceptors (Lipinski definition) is 3. The zero-order valence-corrected chi connectivity index (χ0v) is 12.2. The monoisotopic (exact) mass is 315 g/mol. The van der Waals surface area contributed by atoms with Gasteiger partial charge in [0.2, 0.25) is 5.91 Å². The number of amides is 1. The zero-order chi connectivity index (χ0) is 13.4. The maximum absolute atomic E-state index is 11.4. The lowest BCUT2D eigenvalue weighted by Crippen LogP contribution is -2.23. The summed E-state index contributed by atoms with van der Waals surface area (Å²) >= 11 is 3.23. The van der Waals surface area contributed by atoms with Crippen LogP contribution >= 0.6 is 15.9 Å². The largest absolute Gasteiger partial charge is 0.493 e. The first kappa shape index (κ1) is 14.8. The molecule has 0 atom stereocenters. The van der Waals surface area contributed by atoms with Crippen LogP contribution in [0.4, 0.5) is 0 Å². The number of halogens is 1. The van der Waals surface area contributed by atoms with Crippen LogP contribution in [0.2, 0.25) is 0 Å². The number of nitrogens with one attached hydrogen (secondary N) is 1. The minimum Gasteiger partial charge on any atom is -0.493 e. The van der Waals surface area contributed by atoms with Crippen LogP contribution in [0.25, 0.3) is 0 Å². The molecule has 1 amide bonds. The van der Waals surface area contributed by atoms with Gasteiger partial charge >= 0.3 is 0 Å². The Morgan fingerprint density at radius 3 is 2.83 bits per heavy atom. The Morgan fingerprint density at radius 2 is 2.22 bits per heavy atom. The second-order valence-electron chi connectivity index (χ2n) is 3.60. The molecule has 5 heteroatoms. The van der Waals surface area contributed by atoms with Gasteiger partial charge in [-0.25, -0.2) is 0 Å². The summed E-state index contributed by atoms with van der Waals surface area (Å²) < 4.78 is 10.8. The van der Waals surface area contributed by atoms with Crippen molar-refractivity contribution in [2.75, 3.05) is 19.0 Å². The number of alkyl halides is 1. The molecule has 0 fully saturated rings. The van der Waals surface area contributed by atoms with E-state index in [9.17, 15) is 4.79 Å². The first-order valence-electron chi connectivity index (χ1n) is 5.84. The molecule has 0 aliphatic rings. The fraction of sp³-hybridized carbons (Fsp3) is 0.462. The average molecular weight is 316 g/mol. The van der Waals surface area contributed by atoms with Crippen molar-refractivity contribution < 1.29 is 14.3 Å². The highest BCUT2D eigenvalue weighted by Gasteiger charge is 2.10. The number of benzene rings is 1. The summed E-state index contributed by atoms with van der Waals surface area (Å²) in [4.78, 5) is 11.4. The van der Waals surface area contributed by atoms with Crippen molar-refractivity contribution in [1.29, 1.82) is 0 Å². The number of rotatable bonds is 7. The molecule has 0 saturated carbocycles. The molecule has 0 spiro atoms. The quantitative estimate of drug-likeness (QED) is 0.786. The third-order valence-electron chi connectivity index (χ3n) is 2.37. The molecule has 0 saturated heterocycles. The van der Waals surface area contributed by atoms with Crippen LogP contribution < -0.4 is 14.8 Å². The van der Waals surface area contributed by atoms with E-state index in [1.165, 1.54) is 0 Å². The van der Waals surface area contributed by atoms with Crippen LogP contribution in [0.5, 0.6) is 11.5 Å². The SMILES string of the molecule is CCOc1c(CNC(=O)CCBr)cccc1OC. The second-order valence-corrected chi connectivity index (χ2v) is 4.39. The smallest absolute Gasteiger partial charge is 0.221 e. The Labute approximate surface area is 116 Å². The summed E-state index contributed by atoms with van der Waals surface area (Å²) in [7, 11) is 1.60. The fourth-order valence-corrected chi connectivity index (χ4v) is 1.90. The molecule has 1 N–H and O–H groups in total. The summed E-state index contributed by atoms with van der Waals surface area (Å²) in [6.07, 6.45) is 0.466. The van der Waals surface area contributed by atoms with E-state index in [0.717, 1.165) is 5.56 Å². The highest BCUT2D eigenvalue weighted by atomic mass is 79.9. The van der Waals surface area contributed by atoms with Crippen molar-refractivity contribution in [2.45, 2.75) is 19.9 Å². The minimum atomic E-state index is 0.0112. The van der Waals surface area contributed by atoms with Gasteiger partial charge < -0.3 is 14.8 Å². The molecule has 18 heavy (non-hydrogen) atoms. The van der Waals surface area contributed by atoms with Gasteiger partial charge in [0.05, 0.1) is 13.7 Å². The Kier molecular flexibility index (Phi) is 6.57. The van der Waals surface area contributed by atoms with Gasteiger partial charge in [0.15, 0.2) is 11.5 Å². The first-order valence-corrected chi connectivity index (χ1v) is 6.96. The predicted molar refractivity (Wildman–Crippen MR) is 74.4 cm³/mol. The van der Waals surface area contributed by atoms with Gasteiger partial charge in [0, 0.05) is 23.9 Å². The Bertz CT molecular complexity index is 396. The van der Waals surface area contributed by atoms with Gasteiger partial charge in [-0.05, 0) is 13.0 Å². The highest BCUT2D eigenvalue weighted by Crippen LogP contribution is 2.30. The van der Waals surface area contributed by atoms with E-state index in [-0.39, 0.29) is 5.91 Å². The number of methoxy groups -OCH3 is 1. The molecule has 4 nitrogen and oxygen atoms in total. The third-order valence-corrected chi connectivity index (χ3v) is 2.76. The van der Waals surface area contributed by atoms with Gasteiger partial charge in [-0.2, -0.15) is 0 Å². The topological polar surface area (TPSA) is 47.6 Å². The average Bonchev–Trinajstić information content (AvgIpc) is 2.38. The van der Waals surface area contributed by atoms with Crippen molar-refractivity contribution in [3.8, 4) is 11.5 Å². The molecule has 0 bridgehead atoms. The molecule has 0 radical (unpaired) electrons. The Morgan fingerprint density at radius 1 is 1.44 bits per heavy atom. The van der Waals surface area contributed by atoms with Crippen molar-refractivity contribution in [1.82, 2.24) is 5.32 Å². The van der Waals surface area contributed by atoms with E-state index in [2.05, 4.69) is 21.2 Å². The summed E-state index contributed by atoms with van der Waals surface area (Å²) in [5, 5.41) is 3.51. The van der Waals surface area contributed by atoms with Gasteiger partial charge in [-0.3, -0.25) is 4.79 Å². The van der Waals surface area contributed by atoms with E-state index in [1.54, 1.807) is 7.11 Å². The Hall–Kier alpha value is -1.23. The van der Waals surface area contributed by atoms with Gasteiger partial charge in [-0.1, -0.05) is 28.1 Å². The number of ether oxygens (including phenoxy) is 2. The lowest BCUT2D eigenvalue weighted by Gasteiger charge is -2.14. The molecule has 0 aliphatic carbocycles. The summed E-state index contributed by atoms with van der Waals surface area (Å²) in [5.74, 6) is 1.39.